The van der Waals surface area contributed by atoms with Crippen LogP contribution in [0.4, 0.5) is 5.69 Å². The number of nitrogens with one attached hydrogen (secondary N) is 1. The van der Waals surface area contributed by atoms with E-state index in [4.69, 9.17) is 4.74 Å². The van der Waals surface area contributed by atoms with Crippen molar-refractivity contribution in [2.75, 3.05) is 24.2 Å². The number of aryl methyl sites for hydroxylation is 1. The third-order valence-electron chi connectivity index (χ3n) is 7.29. The van der Waals surface area contributed by atoms with Gasteiger partial charge < -0.3 is 15.0 Å². The van der Waals surface area contributed by atoms with E-state index < -0.39 is 16.1 Å². The monoisotopic (exact) mass is 557 g/mol. The molecule has 0 bridgehead atoms. The molecule has 1 N–H and O–H groups in total. The number of carbonyl (C=O) groups is 2. The summed E-state index contributed by atoms with van der Waals surface area (Å²) >= 11 is 0. The van der Waals surface area contributed by atoms with E-state index >= 15 is 0 Å². The van der Waals surface area contributed by atoms with Crippen molar-refractivity contribution < 1.29 is 22.7 Å². The van der Waals surface area contributed by atoms with Crippen molar-refractivity contribution in [2.45, 2.75) is 83.8 Å². The maximum Gasteiger partial charge on any atom is 0.243 e. The average molecular weight is 558 g/mol. The highest BCUT2D eigenvalue weighted by Gasteiger charge is 2.30. The number of hydrogen-bond acceptors (Lipinski definition) is 5. The Morgan fingerprint density at radius 1 is 1.08 bits per heavy atom. The van der Waals surface area contributed by atoms with E-state index in [1.54, 1.807) is 18.1 Å². The highest BCUT2D eigenvalue weighted by Crippen LogP contribution is 2.22. The number of anilines is 1. The molecule has 0 aliphatic heterocycles. The van der Waals surface area contributed by atoms with Gasteiger partial charge in [0, 0.05) is 25.6 Å². The second kappa shape index (κ2) is 14.4. The molecular formula is C30H43N3O5S. The molecule has 9 heteroatoms. The number of nitrogens with zero attached hydrogens (tertiary/aromatic N) is 2. The van der Waals surface area contributed by atoms with Crippen molar-refractivity contribution in [1.82, 2.24) is 10.2 Å². The Labute approximate surface area is 233 Å². The van der Waals surface area contributed by atoms with Gasteiger partial charge in [0.25, 0.3) is 0 Å². The van der Waals surface area contributed by atoms with E-state index in [1.807, 2.05) is 56.3 Å². The summed E-state index contributed by atoms with van der Waals surface area (Å²) in [5.74, 6) is 0.425. The number of amides is 2. The first-order valence-corrected chi connectivity index (χ1v) is 15.7. The molecule has 2 amide bonds. The van der Waals surface area contributed by atoms with Crippen molar-refractivity contribution in [3.63, 3.8) is 0 Å². The van der Waals surface area contributed by atoms with Gasteiger partial charge in [0.2, 0.25) is 21.8 Å². The lowest BCUT2D eigenvalue weighted by atomic mass is 9.95. The molecule has 0 heterocycles. The number of carbonyl (C=O) groups excluding carboxylic acids is 2. The number of hydrogen-bond donors (Lipinski definition) is 1. The van der Waals surface area contributed by atoms with Crippen LogP contribution in [0, 0.1) is 6.92 Å². The lowest BCUT2D eigenvalue weighted by molar-refractivity contribution is -0.141. The minimum atomic E-state index is -3.53. The number of sulfonamides is 1. The first-order valence-electron chi connectivity index (χ1n) is 13.9. The summed E-state index contributed by atoms with van der Waals surface area (Å²) in [7, 11) is -1.93. The van der Waals surface area contributed by atoms with Gasteiger partial charge in [-0.15, -0.1) is 0 Å². The Morgan fingerprint density at radius 2 is 1.77 bits per heavy atom. The number of methoxy groups -OCH3 is 1. The van der Waals surface area contributed by atoms with E-state index in [9.17, 15) is 18.0 Å². The lowest BCUT2D eigenvalue weighted by Gasteiger charge is -2.33. The SMILES string of the molecule is CC[C@H](C(=O)NC1CCCCC1)N(Cc1ccc(OC)cc1)C(=O)CCCN(c1cccc(C)c1)S(C)(=O)=O. The number of benzene rings is 2. The normalized spacial score (nSPS) is 14.9. The maximum absolute atomic E-state index is 13.6. The van der Waals surface area contributed by atoms with Crippen molar-refractivity contribution >= 4 is 27.5 Å². The van der Waals surface area contributed by atoms with E-state index in [1.165, 1.54) is 17.0 Å². The van der Waals surface area contributed by atoms with Crippen LogP contribution in [0.25, 0.3) is 0 Å². The Hall–Kier alpha value is -3.07. The van der Waals surface area contributed by atoms with Crippen molar-refractivity contribution in [2.24, 2.45) is 0 Å². The largest absolute Gasteiger partial charge is 0.497 e. The average Bonchev–Trinajstić information content (AvgIpc) is 2.91. The zero-order chi connectivity index (χ0) is 28.4. The molecule has 1 aliphatic carbocycles. The molecule has 0 spiro atoms. The van der Waals surface area contributed by atoms with E-state index in [0.29, 0.717) is 18.5 Å². The fraction of sp³-hybridized carbons (Fsp3) is 0.533. The van der Waals surface area contributed by atoms with Crippen LogP contribution in [-0.2, 0) is 26.2 Å². The Bertz CT molecular complexity index is 1190. The molecule has 3 rings (SSSR count). The molecule has 39 heavy (non-hydrogen) atoms. The van der Waals surface area contributed by atoms with E-state index in [0.717, 1.165) is 42.6 Å². The highest BCUT2D eigenvalue weighted by atomic mass is 32.2. The molecular weight excluding hydrogens is 514 g/mol. The van der Waals surface area contributed by atoms with Crippen molar-refractivity contribution in [3.8, 4) is 5.75 Å². The topological polar surface area (TPSA) is 96.0 Å². The molecule has 1 fully saturated rings. The predicted octanol–water partition coefficient (Wildman–Crippen LogP) is 4.81. The minimum absolute atomic E-state index is 0.121. The van der Waals surface area contributed by atoms with Crippen LogP contribution in [0.3, 0.4) is 0 Å². The van der Waals surface area contributed by atoms with Crippen LogP contribution in [0.5, 0.6) is 5.75 Å². The Kier molecular flexibility index (Phi) is 11.2. The van der Waals surface area contributed by atoms with E-state index in [-0.39, 0.29) is 37.4 Å². The first kappa shape index (κ1) is 30.5. The summed E-state index contributed by atoms with van der Waals surface area (Å²) in [6, 6.07) is 14.3. The van der Waals surface area contributed by atoms with Gasteiger partial charge in [0.15, 0.2) is 0 Å². The van der Waals surface area contributed by atoms with Gasteiger partial charge in [-0.05, 0) is 68.0 Å². The minimum Gasteiger partial charge on any atom is -0.497 e. The van der Waals surface area contributed by atoms with Gasteiger partial charge in [0.1, 0.15) is 11.8 Å². The van der Waals surface area contributed by atoms with Gasteiger partial charge in [-0.1, -0.05) is 50.5 Å². The molecule has 0 saturated heterocycles. The van der Waals surface area contributed by atoms with Gasteiger partial charge in [0.05, 0.1) is 19.1 Å². The number of ether oxygens (including phenoxy) is 1. The molecule has 8 nitrogen and oxygen atoms in total. The standard InChI is InChI=1S/C30H43N3O5S/c1-5-28(30(35)31-25-12-7-6-8-13-25)32(22-24-16-18-27(38-3)19-17-24)29(34)15-10-20-33(39(4,36)37)26-14-9-11-23(2)21-26/h9,11,14,16-19,21,25,28H,5-8,10,12-13,15,20,22H2,1-4H3,(H,31,35)/t28-/m1/s1. The second-order valence-corrected chi connectivity index (χ2v) is 12.3. The molecule has 0 radical (unpaired) electrons. The molecule has 214 valence electrons. The third kappa shape index (κ3) is 8.98. The highest BCUT2D eigenvalue weighted by molar-refractivity contribution is 7.92. The van der Waals surface area contributed by atoms with Gasteiger partial charge in [-0.25, -0.2) is 8.42 Å². The third-order valence-corrected chi connectivity index (χ3v) is 8.49. The van der Waals surface area contributed by atoms with Crippen LogP contribution in [-0.4, -0.2) is 57.1 Å². The second-order valence-electron chi connectivity index (χ2n) is 10.4. The van der Waals surface area contributed by atoms with Crippen LogP contribution < -0.4 is 14.4 Å². The fourth-order valence-electron chi connectivity index (χ4n) is 5.18. The summed E-state index contributed by atoms with van der Waals surface area (Å²) in [4.78, 5) is 28.7. The molecule has 0 unspecified atom stereocenters. The van der Waals surface area contributed by atoms with Gasteiger partial charge in [-0.3, -0.25) is 13.9 Å². The van der Waals surface area contributed by atoms with Crippen LogP contribution in [0.2, 0.25) is 0 Å². The molecule has 1 aliphatic rings. The summed E-state index contributed by atoms with van der Waals surface area (Å²) in [5, 5.41) is 3.19. The Morgan fingerprint density at radius 3 is 2.36 bits per heavy atom. The maximum atomic E-state index is 13.6. The predicted molar refractivity (Wildman–Crippen MR) is 155 cm³/mol. The van der Waals surface area contributed by atoms with E-state index in [2.05, 4.69) is 5.32 Å². The zero-order valence-corrected chi connectivity index (χ0v) is 24.5. The van der Waals surface area contributed by atoms with Crippen LogP contribution >= 0.6 is 0 Å². The Balaban J connectivity index is 1.76. The number of rotatable bonds is 13. The molecule has 1 atom stereocenters. The van der Waals surface area contributed by atoms with Crippen LogP contribution in [0.1, 0.15) is 69.4 Å². The quantitative estimate of drug-likeness (QED) is 0.382. The van der Waals surface area contributed by atoms with Crippen LogP contribution in [0.15, 0.2) is 48.5 Å². The van der Waals surface area contributed by atoms with Gasteiger partial charge >= 0.3 is 0 Å². The molecule has 2 aromatic carbocycles. The summed E-state index contributed by atoms with van der Waals surface area (Å²) in [6.45, 7) is 4.29. The molecule has 0 aromatic heterocycles. The summed E-state index contributed by atoms with van der Waals surface area (Å²) in [5.41, 5.74) is 2.43. The molecule has 2 aromatic rings. The smallest absolute Gasteiger partial charge is 0.243 e. The fourth-order valence-corrected chi connectivity index (χ4v) is 6.14. The summed E-state index contributed by atoms with van der Waals surface area (Å²) < 4.78 is 31.7. The zero-order valence-electron chi connectivity index (χ0n) is 23.7. The first-order chi connectivity index (χ1) is 18.6. The lowest BCUT2D eigenvalue weighted by Crippen LogP contribution is -2.51. The molecule has 1 saturated carbocycles. The van der Waals surface area contributed by atoms with Crippen molar-refractivity contribution in [1.29, 1.82) is 0 Å². The van der Waals surface area contributed by atoms with Crippen molar-refractivity contribution in [3.05, 3.63) is 59.7 Å². The van der Waals surface area contributed by atoms with Gasteiger partial charge in [-0.2, -0.15) is 0 Å². The summed E-state index contributed by atoms with van der Waals surface area (Å²) in [6.07, 6.45) is 7.46.